The summed E-state index contributed by atoms with van der Waals surface area (Å²) in [7, 11) is 0. The summed E-state index contributed by atoms with van der Waals surface area (Å²) in [4.78, 5) is 14.3. The fraction of sp³-hybridized carbons (Fsp3) is 0.562. The van der Waals surface area contributed by atoms with Crippen LogP contribution < -0.4 is 5.73 Å². The van der Waals surface area contributed by atoms with E-state index < -0.39 is 0 Å². The molecule has 0 spiro atoms. The summed E-state index contributed by atoms with van der Waals surface area (Å²) in [5.74, 6) is 0.907. The average Bonchev–Trinajstić information content (AvgIpc) is 2.46. The van der Waals surface area contributed by atoms with Crippen molar-refractivity contribution in [3.05, 3.63) is 35.9 Å². The molecule has 1 aliphatic rings. The van der Waals surface area contributed by atoms with Crippen molar-refractivity contribution in [2.24, 2.45) is 11.7 Å². The number of amides is 1. The maximum atomic E-state index is 12.2. The topological polar surface area (TPSA) is 46.3 Å². The first-order valence-electron chi connectivity index (χ1n) is 7.31. The zero-order valence-electron chi connectivity index (χ0n) is 12.0. The lowest BCUT2D eigenvalue weighted by molar-refractivity contribution is -0.133. The molecule has 4 heteroatoms. The van der Waals surface area contributed by atoms with Crippen LogP contribution in [0.15, 0.2) is 30.3 Å². The Morgan fingerprint density at radius 2 is 2.05 bits per heavy atom. The van der Waals surface area contributed by atoms with Gasteiger partial charge in [-0.2, -0.15) is 0 Å². The maximum Gasteiger partial charge on any atom is 0.222 e. The summed E-state index contributed by atoms with van der Waals surface area (Å²) in [5.41, 5.74) is 6.85. The molecular formula is C16H25ClN2O. The molecule has 1 aromatic carbocycles. The Hall–Kier alpha value is -1.06. The first-order chi connectivity index (χ1) is 9.29. The van der Waals surface area contributed by atoms with Crippen molar-refractivity contribution in [2.45, 2.75) is 32.1 Å². The van der Waals surface area contributed by atoms with Crippen molar-refractivity contribution in [1.82, 2.24) is 4.90 Å². The summed E-state index contributed by atoms with van der Waals surface area (Å²) in [6.07, 6.45) is 4.86. The summed E-state index contributed by atoms with van der Waals surface area (Å²) in [6, 6.07) is 10.2. The van der Waals surface area contributed by atoms with E-state index in [1.54, 1.807) is 0 Å². The van der Waals surface area contributed by atoms with Gasteiger partial charge < -0.3 is 10.6 Å². The van der Waals surface area contributed by atoms with E-state index in [0.717, 1.165) is 38.9 Å². The Labute approximate surface area is 127 Å². The highest BCUT2D eigenvalue weighted by Gasteiger charge is 2.22. The molecule has 1 atom stereocenters. The number of halogens is 1. The molecule has 0 radical (unpaired) electrons. The van der Waals surface area contributed by atoms with Gasteiger partial charge in [-0.1, -0.05) is 30.3 Å². The molecule has 1 unspecified atom stereocenters. The number of carbonyl (C=O) groups excluding carboxylic acids is 1. The third-order valence-corrected chi connectivity index (χ3v) is 3.92. The Kier molecular flexibility index (Phi) is 7.63. The number of nitrogens with zero attached hydrogens (tertiary/aromatic N) is 1. The van der Waals surface area contributed by atoms with Crippen LogP contribution in [-0.2, 0) is 11.2 Å². The number of carbonyl (C=O) groups is 1. The van der Waals surface area contributed by atoms with Gasteiger partial charge in [-0.25, -0.2) is 0 Å². The van der Waals surface area contributed by atoms with Crippen LogP contribution in [-0.4, -0.2) is 30.4 Å². The molecule has 1 amide bonds. The number of hydrogen-bond donors (Lipinski definition) is 1. The summed E-state index contributed by atoms with van der Waals surface area (Å²) < 4.78 is 0. The van der Waals surface area contributed by atoms with Gasteiger partial charge in [0.25, 0.3) is 0 Å². The molecule has 1 heterocycles. The first kappa shape index (κ1) is 17.0. The van der Waals surface area contributed by atoms with E-state index in [1.165, 1.54) is 12.0 Å². The van der Waals surface area contributed by atoms with E-state index in [-0.39, 0.29) is 12.4 Å². The van der Waals surface area contributed by atoms with Gasteiger partial charge in [-0.3, -0.25) is 4.79 Å². The normalized spacial score (nSPS) is 18.4. The van der Waals surface area contributed by atoms with Gasteiger partial charge in [-0.15, -0.1) is 12.4 Å². The number of hydrogen-bond acceptors (Lipinski definition) is 2. The molecule has 1 aromatic rings. The monoisotopic (exact) mass is 296 g/mol. The highest BCUT2D eigenvalue weighted by Crippen LogP contribution is 2.20. The Morgan fingerprint density at radius 1 is 1.30 bits per heavy atom. The fourth-order valence-corrected chi connectivity index (χ4v) is 2.82. The molecule has 1 aliphatic heterocycles. The number of benzene rings is 1. The van der Waals surface area contributed by atoms with Gasteiger partial charge in [0.05, 0.1) is 0 Å². The van der Waals surface area contributed by atoms with Crippen molar-refractivity contribution in [1.29, 1.82) is 0 Å². The van der Waals surface area contributed by atoms with Gasteiger partial charge >= 0.3 is 0 Å². The molecule has 0 bridgehead atoms. The number of rotatable bonds is 5. The Morgan fingerprint density at radius 3 is 2.75 bits per heavy atom. The third-order valence-electron chi connectivity index (χ3n) is 3.92. The minimum Gasteiger partial charge on any atom is -0.342 e. The van der Waals surface area contributed by atoms with Gasteiger partial charge in [0.2, 0.25) is 5.91 Å². The molecule has 0 saturated carbocycles. The number of nitrogens with two attached hydrogens (primary N) is 1. The van der Waals surface area contributed by atoms with Crippen LogP contribution in [0.1, 0.15) is 31.2 Å². The largest absolute Gasteiger partial charge is 0.342 e. The van der Waals surface area contributed by atoms with Crippen molar-refractivity contribution in [3.63, 3.8) is 0 Å². The average molecular weight is 297 g/mol. The SMILES string of the molecule is Cl.NCCC1CCCN(C(=O)CCc2ccccc2)C1. The fourth-order valence-electron chi connectivity index (χ4n) is 2.82. The van der Waals surface area contributed by atoms with Crippen molar-refractivity contribution >= 4 is 18.3 Å². The smallest absolute Gasteiger partial charge is 0.222 e. The van der Waals surface area contributed by atoms with Crippen molar-refractivity contribution < 1.29 is 4.79 Å². The van der Waals surface area contributed by atoms with Gasteiger partial charge in [-0.05, 0) is 43.7 Å². The van der Waals surface area contributed by atoms with Crippen molar-refractivity contribution in [3.8, 4) is 0 Å². The predicted octanol–water partition coefficient (Wildman–Crippen LogP) is 2.63. The van der Waals surface area contributed by atoms with Crippen LogP contribution in [0.25, 0.3) is 0 Å². The number of likely N-dealkylation sites (tertiary alicyclic amines) is 1. The van der Waals surface area contributed by atoms with Gasteiger partial charge in [0.1, 0.15) is 0 Å². The van der Waals surface area contributed by atoms with Crippen LogP contribution >= 0.6 is 12.4 Å². The standard InChI is InChI=1S/C16H24N2O.ClH/c17-11-10-15-7-4-12-18(13-15)16(19)9-8-14-5-2-1-3-6-14;/h1-3,5-6,15H,4,7-13,17H2;1H. The van der Waals surface area contributed by atoms with Crippen molar-refractivity contribution in [2.75, 3.05) is 19.6 Å². The molecule has 0 aromatic heterocycles. The second kappa shape index (κ2) is 8.98. The first-order valence-corrected chi connectivity index (χ1v) is 7.31. The molecule has 112 valence electrons. The maximum absolute atomic E-state index is 12.2. The molecule has 0 aliphatic carbocycles. The molecule has 1 saturated heterocycles. The minimum absolute atomic E-state index is 0. The highest BCUT2D eigenvalue weighted by molar-refractivity contribution is 5.85. The lowest BCUT2D eigenvalue weighted by Gasteiger charge is -2.32. The van der Waals surface area contributed by atoms with Crippen LogP contribution in [0.2, 0.25) is 0 Å². The lowest BCUT2D eigenvalue weighted by atomic mass is 9.94. The summed E-state index contributed by atoms with van der Waals surface area (Å²) in [6.45, 7) is 2.57. The third kappa shape index (κ3) is 5.14. The molecular weight excluding hydrogens is 272 g/mol. The van der Waals surface area contributed by atoms with E-state index in [0.29, 0.717) is 18.2 Å². The minimum atomic E-state index is 0. The summed E-state index contributed by atoms with van der Waals surface area (Å²) >= 11 is 0. The van der Waals surface area contributed by atoms with E-state index in [2.05, 4.69) is 12.1 Å². The molecule has 20 heavy (non-hydrogen) atoms. The molecule has 2 rings (SSSR count). The van der Waals surface area contributed by atoms with Crippen LogP contribution in [0.4, 0.5) is 0 Å². The van der Waals surface area contributed by atoms with E-state index >= 15 is 0 Å². The summed E-state index contributed by atoms with van der Waals surface area (Å²) in [5, 5.41) is 0. The number of aryl methyl sites for hydroxylation is 1. The van der Waals surface area contributed by atoms with E-state index in [4.69, 9.17) is 5.73 Å². The number of piperidine rings is 1. The molecule has 2 N–H and O–H groups in total. The van der Waals surface area contributed by atoms with E-state index in [1.807, 2.05) is 23.1 Å². The Bertz CT molecular complexity index is 395. The van der Waals surface area contributed by atoms with Crippen LogP contribution in [0.5, 0.6) is 0 Å². The van der Waals surface area contributed by atoms with Crippen LogP contribution in [0, 0.1) is 5.92 Å². The van der Waals surface area contributed by atoms with Gasteiger partial charge in [0.15, 0.2) is 0 Å². The second-order valence-corrected chi connectivity index (χ2v) is 5.41. The lowest BCUT2D eigenvalue weighted by Crippen LogP contribution is -2.40. The predicted molar refractivity (Wildman–Crippen MR) is 85.0 cm³/mol. The van der Waals surface area contributed by atoms with Gasteiger partial charge in [0, 0.05) is 19.5 Å². The highest BCUT2D eigenvalue weighted by atomic mass is 35.5. The second-order valence-electron chi connectivity index (χ2n) is 5.41. The quantitative estimate of drug-likeness (QED) is 0.908. The Balaban J connectivity index is 0.00000200. The zero-order valence-corrected chi connectivity index (χ0v) is 12.8. The van der Waals surface area contributed by atoms with E-state index in [9.17, 15) is 4.79 Å². The zero-order chi connectivity index (χ0) is 13.5. The van der Waals surface area contributed by atoms with Crippen LogP contribution in [0.3, 0.4) is 0 Å². The molecule has 1 fully saturated rings. The molecule has 3 nitrogen and oxygen atoms in total.